The van der Waals surface area contributed by atoms with Gasteiger partial charge in [-0.15, -0.1) is 5.10 Å². The Labute approximate surface area is 87.7 Å². The van der Waals surface area contributed by atoms with Crippen LogP contribution in [0.25, 0.3) is 0 Å². The number of rotatable bonds is 2. The highest BCUT2D eigenvalue weighted by Crippen LogP contribution is 2.17. The minimum atomic E-state index is -0.291. The van der Waals surface area contributed by atoms with E-state index in [0.29, 0.717) is 5.82 Å². The zero-order chi connectivity index (χ0) is 10.8. The van der Waals surface area contributed by atoms with Gasteiger partial charge in [0.05, 0.1) is 6.04 Å². The van der Waals surface area contributed by atoms with E-state index in [1.165, 1.54) is 0 Å². The lowest BCUT2D eigenvalue weighted by Crippen LogP contribution is -2.16. The van der Waals surface area contributed by atoms with Gasteiger partial charge in [0.2, 0.25) is 5.95 Å². The molecule has 0 spiro atoms. The predicted molar refractivity (Wildman–Crippen MR) is 57.9 cm³/mol. The second-order valence-electron chi connectivity index (χ2n) is 3.34. The van der Waals surface area contributed by atoms with E-state index in [0.717, 1.165) is 5.56 Å². The van der Waals surface area contributed by atoms with Gasteiger partial charge in [0.15, 0.2) is 0 Å². The fourth-order valence-electron chi connectivity index (χ4n) is 1.50. The molecule has 2 aromatic rings. The summed E-state index contributed by atoms with van der Waals surface area (Å²) in [7, 11) is 1.78. The van der Waals surface area contributed by atoms with Gasteiger partial charge in [-0.05, 0) is 5.56 Å². The number of hydrogen-bond donors (Lipinski definition) is 2. The highest BCUT2D eigenvalue weighted by Gasteiger charge is 2.15. The van der Waals surface area contributed by atoms with E-state index in [-0.39, 0.29) is 12.0 Å². The fourth-order valence-corrected chi connectivity index (χ4v) is 1.50. The number of benzene rings is 1. The number of aryl methyl sites for hydroxylation is 1. The molecular formula is C10H13N5. The summed E-state index contributed by atoms with van der Waals surface area (Å²) in [5.41, 5.74) is 12.5. The molecule has 5 nitrogen and oxygen atoms in total. The molecule has 1 unspecified atom stereocenters. The van der Waals surface area contributed by atoms with Gasteiger partial charge in [-0.25, -0.2) is 4.68 Å². The molecule has 0 aliphatic carbocycles. The number of nitrogens with two attached hydrogens (primary N) is 2. The van der Waals surface area contributed by atoms with Crippen LogP contribution in [0.15, 0.2) is 30.3 Å². The van der Waals surface area contributed by atoms with Crippen LogP contribution >= 0.6 is 0 Å². The minimum absolute atomic E-state index is 0.249. The standard InChI is InChI=1S/C10H13N5/c1-15-9(13-10(12)14-15)8(11)7-5-3-2-4-6-7/h2-6,8H,11H2,1H3,(H2,12,14). The van der Waals surface area contributed by atoms with Crippen LogP contribution in [-0.4, -0.2) is 14.8 Å². The maximum Gasteiger partial charge on any atom is 0.239 e. The van der Waals surface area contributed by atoms with Crippen LogP contribution < -0.4 is 11.5 Å². The third kappa shape index (κ3) is 1.82. The Morgan fingerprint density at radius 2 is 1.93 bits per heavy atom. The van der Waals surface area contributed by atoms with Crippen LogP contribution in [0, 0.1) is 0 Å². The molecule has 0 saturated heterocycles. The lowest BCUT2D eigenvalue weighted by Gasteiger charge is -2.10. The van der Waals surface area contributed by atoms with E-state index >= 15 is 0 Å². The van der Waals surface area contributed by atoms with Gasteiger partial charge in [-0.1, -0.05) is 30.3 Å². The van der Waals surface area contributed by atoms with E-state index in [1.54, 1.807) is 11.7 Å². The summed E-state index contributed by atoms with van der Waals surface area (Å²) in [4.78, 5) is 4.09. The Bertz CT molecular complexity index is 448. The van der Waals surface area contributed by atoms with Gasteiger partial charge in [0, 0.05) is 7.05 Å². The van der Waals surface area contributed by atoms with Gasteiger partial charge < -0.3 is 11.5 Å². The zero-order valence-corrected chi connectivity index (χ0v) is 8.46. The Balaban J connectivity index is 2.36. The van der Waals surface area contributed by atoms with Gasteiger partial charge in [-0.3, -0.25) is 0 Å². The summed E-state index contributed by atoms with van der Waals surface area (Å²) in [5.74, 6) is 0.914. The normalized spacial score (nSPS) is 12.7. The van der Waals surface area contributed by atoms with Gasteiger partial charge >= 0.3 is 0 Å². The second kappa shape index (κ2) is 3.70. The summed E-state index contributed by atoms with van der Waals surface area (Å²) in [6.07, 6.45) is 0. The molecule has 15 heavy (non-hydrogen) atoms. The Morgan fingerprint density at radius 1 is 1.27 bits per heavy atom. The first kappa shape index (κ1) is 9.67. The first-order chi connectivity index (χ1) is 7.18. The summed E-state index contributed by atoms with van der Waals surface area (Å²) >= 11 is 0. The molecule has 1 aromatic heterocycles. The third-order valence-electron chi connectivity index (χ3n) is 2.25. The largest absolute Gasteiger partial charge is 0.366 e. The molecule has 1 atom stereocenters. The molecule has 78 valence electrons. The highest BCUT2D eigenvalue weighted by atomic mass is 15.4. The molecular weight excluding hydrogens is 190 g/mol. The van der Waals surface area contributed by atoms with Crippen LogP contribution in [0.1, 0.15) is 17.4 Å². The van der Waals surface area contributed by atoms with E-state index in [1.807, 2.05) is 30.3 Å². The predicted octanol–water partition coefficient (Wildman–Crippen LogP) is 0.445. The van der Waals surface area contributed by atoms with E-state index in [9.17, 15) is 0 Å². The van der Waals surface area contributed by atoms with Crippen molar-refractivity contribution in [3.63, 3.8) is 0 Å². The lowest BCUT2D eigenvalue weighted by molar-refractivity contribution is 0.660. The lowest BCUT2D eigenvalue weighted by atomic mass is 10.1. The number of aromatic nitrogens is 3. The molecule has 1 aromatic carbocycles. The number of anilines is 1. The molecule has 0 aliphatic heterocycles. The first-order valence-electron chi connectivity index (χ1n) is 4.65. The second-order valence-corrected chi connectivity index (χ2v) is 3.34. The maximum atomic E-state index is 6.05. The molecule has 0 aliphatic rings. The van der Waals surface area contributed by atoms with Gasteiger partial charge in [-0.2, -0.15) is 4.98 Å². The molecule has 0 saturated carbocycles. The van der Waals surface area contributed by atoms with Crippen molar-refractivity contribution in [1.82, 2.24) is 14.8 Å². The van der Waals surface area contributed by atoms with Crippen LogP contribution in [0.3, 0.4) is 0 Å². The quantitative estimate of drug-likeness (QED) is 0.742. The fraction of sp³-hybridized carbons (Fsp3) is 0.200. The topological polar surface area (TPSA) is 82.8 Å². The van der Waals surface area contributed by atoms with Crippen molar-refractivity contribution < 1.29 is 0 Å². The van der Waals surface area contributed by atoms with Crippen LogP contribution in [-0.2, 0) is 7.05 Å². The van der Waals surface area contributed by atoms with Crippen LogP contribution in [0.2, 0.25) is 0 Å². The average molecular weight is 203 g/mol. The number of hydrogen-bond acceptors (Lipinski definition) is 4. The monoisotopic (exact) mass is 203 g/mol. The van der Waals surface area contributed by atoms with E-state index in [4.69, 9.17) is 11.5 Å². The van der Waals surface area contributed by atoms with Crippen molar-refractivity contribution >= 4 is 5.95 Å². The molecule has 5 heteroatoms. The third-order valence-corrected chi connectivity index (χ3v) is 2.25. The summed E-state index contributed by atoms with van der Waals surface area (Å²) < 4.78 is 1.60. The van der Waals surface area contributed by atoms with Crippen molar-refractivity contribution in [2.75, 3.05) is 5.73 Å². The van der Waals surface area contributed by atoms with E-state index in [2.05, 4.69) is 10.1 Å². The summed E-state index contributed by atoms with van der Waals surface area (Å²) in [6, 6.07) is 9.44. The van der Waals surface area contributed by atoms with Gasteiger partial charge in [0.1, 0.15) is 5.82 Å². The Kier molecular flexibility index (Phi) is 2.39. The maximum absolute atomic E-state index is 6.05. The molecule has 0 bridgehead atoms. The van der Waals surface area contributed by atoms with Crippen LogP contribution in [0.5, 0.6) is 0 Å². The molecule has 2 rings (SSSR count). The minimum Gasteiger partial charge on any atom is -0.366 e. The SMILES string of the molecule is Cn1nc(N)nc1C(N)c1ccccc1. The first-order valence-corrected chi connectivity index (χ1v) is 4.65. The molecule has 0 fully saturated rings. The van der Waals surface area contributed by atoms with Crippen molar-refractivity contribution in [2.45, 2.75) is 6.04 Å². The summed E-state index contributed by atoms with van der Waals surface area (Å²) in [6.45, 7) is 0. The van der Waals surface area contributed by atoms with Crippen molar-refractivity contribution in [2.24, 2.45) is 12.8 Å². The Hall–Kier alpha value is -1.88. The van der Waals surface area contributed by atoms with Gasteiger partial charge in [0.25, 0.3) is 0 Å². The van der Waals surface area contributed by atoms with Crippen molar-refractivity contribution in [1.29, 1.82) is 0 Å². The number of nitrogens with zero attached hydrogens (tertiary/aromatic N) is 3. The Morgan fingerprint density at radius 3 is 2.47 bits per heavy atom. The average Bonchev–Trinajstić information content (AvgIpc) is 2.58. The highest BCUT2D eigenvalue weighted by molar-refractivity contribution is 5.26. The molecule has 0 amide bonds. The van der Waals surface area contributed by atoms with Crippen molar-refractivity contribution in [3.05, 3.63) is 41.7 Å². The van der Waals surface area contributed by atoms with E-state index < -0.39 is 0 Å². The van der Waals surface area contributed by atoms with Crippen LogP contribution in [0.4, 0.5) is 5.95 Å². The van der Waals surface area contributed by atoms with Crippen molar-refractivity contribution in [3.8, 4) is 0 Å². The number of nitrogen functional groups attached to an aromatic ring is 1. The molecule has 0 radical (unpaired) electrons. The smallest absolute Gasteiger partial charge is 0.239 e. The summed E-state index contributed by atoms with van der Waals surface area (Å²) in [5, 5.41) is 3.96. The molecule has 1 heterocycles. The molecule has 4 N–H and O–H groups in total. The zero-order valence-electron chi connectivity index (χ0n) is 8.46.